The molecule has 0 fully saturated rings. The normalized spacial score (nSPS) is 10.2. The van der Waals surface area contributed by atoms with E-state index < -0.39 is 0 Å². The third-order valence-electron chi connectivity index (χ3n) is 1.53. The fourth-order valence-corrected chi connectivity index (χ4v) is 0.976. The molecule has 0 unspecified atom stereocenters. The molecule has 0 bridgehead atoms. The van der Waals surface area contributed by atoms with Crippen molar-refractivity contribution in [2.24, 2.45) is 7.05 Å². The number of aromatic amines is 1. The van der Waals surface area contributed by atoms with E-state index in [9.17, 15) is 4.79 Å². The molecule has 0 aromatic carbocycles. The second kappa shape index (κ2) is 2.81. The average Bonchev–Trinajstić information content (AvgIpc) is 2.52. The summed E-state index contributed by atoms with van der Waals surface area (Å²) in [7, 11) is 1.71. The molecule has 0 aliphatic rings. The van der Waals surface area contributed by atoms with Gasteiger partial charge < -0.3 is 4.98 Å². The number of aromatic nitrogens is 5. The quantitative estimate of drug-likeness (QED) is 0.641. The van der Waals surface area contributed by atoms with Crippen LogP contribution in [-0.4, -0.2) is 25.0 Å². The fourth-order valence-electron chi connectivity index (χ4n) is 0.976. The lowest BCUT2D eigenvalue weighted by atomic mass is 10.3. The second-order valence-corrected chi connectivity index (χ2v) is 2.53. The Kier molecular flexibility index (Phi) is 1.66. The van der Waals surface area contributed by atoms with Crippen LogP contribution in [0.15, 0.2) is 23.4 Å². The monoisotopic (exact) mass is 177 g/mol. The van der Waals surface area contributed by atoms with Gasteiger partial charge in [0.05, 0.1) is 24.3 Å². The fraction of sp³-hybridized carbons (Fsp3) is 0.143. The summed E-state index contributed by atoms with van der Waals surface area (Å²) < 4.78 is 0. The molecule has 2 rings (SSSR count). The summed E-state index contributed by atoms with van der Waals surface area (Å²) in [5.41, 5.74) is 0.927. The van der Waals surface area contributed by atoms with Gasteiger partial charge in [-0.1, -0.05) is 0 Å². The van der Waals surface area contributed by atoms with E-state index in [2.05, 4.69) is 20.2 Å². The minimum Gasteiger partial charge on any atom is -0.318 e. The number of nitrogens with one attached hydrogen (secondary N) is 1. The summed E-state index contributed by atoms with van der Waals surface area (Å²) in [5.74, 6) is 0. The lowest BCUT2D eigenvalue weighted by Crippen LogP contribution is -2.06. The van der Waals surface area contributed by atoms with Gasteiger partial charge in [-0.2, -0.15) is 15.0 Å². The van der Waals surface area contributed by atoms with Crippen molar-refractivity contribution >= 4 is 0 Å². The van der Waals surface area contributed by atoms with Gasteiger partial charge in [0, 0.05) is 7.05 Å². The number of rotatable bonds is 1. The molecule has 0 radical (unpaired) electrons. The van der Waals surface area contributed by atoms with Crippen molar-refractivity contribution in [2.75, 3.05) is 0 Å². The van der Waals surface area contributed by atoms with E-state index in [1.54, 1.807) is 13.2 Å². The molecule has 13 heavy (non-hydrogen) atoms. The van der Waals surface area contributed by atoms with Crippen LogP contribution in [0.4, 0.5) is 0 Å². The van der Waals surface area contributed by atoms with Crippen molar-refractivity contribution in [1.29, 1.82) is 0 Å². The number of hydrogen-bond acceptors (Lipinski definition) is 4. The van der Waals surface area contributed by atoms with E-state index in [-0.39, 0.29) is 5.56 Å². The zero-order valence-electron chi connectivity index (χ0n) is 6.93. The van der Waals surface area contributed by atoms with Crippen molar-refractivity contribution in [1.82, 2.24) is 25.0 Å². The molecule has 2 aromatic heterocycles. The highest BCUT2D eigenvalue weighted by atomic mass is 16.1. The maximum atomic E-state index is 10.9. The summed E-state index contributed by atoms with van der Waals surface area (Å²) in [6, 6.07) is 0. The van der Waals surface area contributed by atoms with Crippen LogP contribution in [0.3, 0.4) is 0 Å². The van der Waals surface area contributed by atoms with Crippen molar-refractivity contribution in [2.45, 2.75) is 0 Å². The molecule has 0 aliphatic heterocycles. The van der Waals surface area contributed by atoms with Gasteiger partial charge in [0.2, 0.25) is 0 Å². The first-order valence-electron chi connectivity index (χ1n) is 3.67. The Morgan fingerprint density at radius 1 is 1.38 bits per heavy atom. The number of hydrogen-bond donors (Lipinski definition) is 1. The summed E-state index contributed by atoms with van der Waals surface area (Å²) in [6.07, 6.45) is 4.30. The summed E-state index contributed by atoms with van der Waals surface area (Å²) in [4.78, 5) is 18.7. The largest absolute Gasteiger partial charge is 0.318 e. The summed E-state index contributed by atoms with van der Waals surface area (Å²) in [5, 5.41) is 7.90. The summed E-state index contributed by atoms with van der Waals surface area (Å²) >= 11 is 0. The van der Waals surface area contributed by atoms with Crippen LogP contribution in [0.5, 0.6) is 0 Å². The second-order valence-electron chi connectivity index (χ2n) is 2.53. The Labute approximate surface area is 73.2 Å². The van der Waals surface area contributed by atoms with Gasteiger partial charge in [-0.3, -0.25) is 9.78 Å². The number of H-pyrrole nitrogens is 1. The maximum Gasteiger partial charge on any atom is 0.266 e. The Bertz CT molecular complexity index is 471. The van der Waals surface area contributed by atoms with Crippen LogP contribution >= 0.6 is 0 Å². The van der Waals surface area contributed by atoms with E-state index in [1.165, 1.54) is 17.2 Å². The molecule has 2 heterocycles. The SMILES string of the molecule is Cn1ncc(-c2cncc(=O)[nH]2)n1. The van der Waals surface area contributed by atoms with Gasteiger partial charge >= 0.3 is 0 Å². The summed E-state index contributed by atoms with van der Waals surface area (Å²) in [6.45, 7) is 0. The number of nitrogens with zero attached hydrogens (tertiary/aromatic N) is 4. The van der Waals surface area contributed by atoms with Crippen LogP contribution < -0.4 is 5.56 Å². The Balaban J connectivity index is 2.52. The molecule has 1 N–H and O–H groups in total. The third-order valence-corrected chi connectivity index (χ3v) is 1.53. The molecule has 6 nitrogen and oxygen atoms in total. The zero-order valence-corrected chi connectivity index (χ0v) is 6.93. The first-order valence-corrected chi connectivity index (χ1v) is 3.67. The molecule has 66 valence electrons. The third kappa shape index (κ3) is 1.46. The Hall–Kier alpha value is -1.98. The zero-order chi connectivity index (χ0) is 9.26. The van der Waals surface area contributed by atoms with Gasteiger partial charge in [-0.05, 0) is 0 Å². The minimum atomic E-state index is -0.247. The Morgan fingerprint density at radius 2 is 2.23 bits per heavy atom. The first-order chi connectivity index (χ1) is 6.25. The van der Waals surface area contributed by atoms with Crippen LogP contribution in [0.2, 0.25) is 0 Å². The van der Waals surface area contributed by atoms with E-state index >= 15 is 0 Å². The molecule has 0 amide bonds. The molecule has 0 aliphatic carbocycles. The average molecular weight is 177 g/mol. The molecule has 6 heteroatoms. The molecule has 0 saturated carbocycles. The predicted molar refractivity (Wildman–Crippen MR) is 44.9 cm³/mol. The van der Waals surface area contributed by atoms with Gasteiger partial charge in [0.15, 0.2) is 0 Å². The predicted octanol–water partition coefficient (Wildman–Crippen LogP) is -0.435. The molecule has 0 spiro atoms. The van der Waals surface area contributed by atoms with E-state index in [0.29, 0.717) is 11.4 Å². The van der Waals surface area contributed by atoms with Gasteiger partial charge in [0.25, 0.3) is 5.56 Å². The van der Waals surface area contributed by atoms with Crippen LogP contribution in [0.25, 0.3) is 11.4 Å². The van der Waals surface area contributed by atoms with Crippen LogP contribution in [-0.2, 0) is 7.05 Å². The first kappa shape index (κ1) is 7.66. The van der Waals surface area contributed by atoms with Crippen molar-refractivity contribution in [3.8, 4) is 11.4 Å². The molecule has 0 saturated heterocycles. The van der Waals surface area contributed by atoms with Gasteiger partial charge in [0.1, 0.15) is 5.69 Å². The van der Waals surface area contributed by atoms with Crippen molar-refractivity contribution in [3.05, 3.63) is 28.9 Å². The lowest BCUT2D eigenvalue weighted by Gasteiger charge is -1.92. The van der Waals surface area contributed by atoms with E-state index in [1.807, 2.05) is 0 Å². The highest BCUT2D eigenvalue weighted by Gasteiger charge is 2.02. The van der Waals surface area contributed by atoms with Gasteiger partial charge in [-0.15, -0.1) is 0 Å². The molecular formula is C7H7N5O. The van der Waals surface area contributed by atoms with Gasteiger partial charge in [-0.25, -0.2) is 0 Å². The van der Waals surface area contributed by atoms with Crippen molar-refractivity contribution < 1.29 is 0 Å². The topological polar surface area (TPSA) is 76.5 Å². The smallest absolute Gasteiger partial charge is 0.266 e. The standard InChI is InChI=1S/C7H7N5O/c1-12-9-3-6(11-12)5-2-8-4-7(13)10-5/h2-4H,1H3,(H,10,13). The minimum absolute atomic E-state index is 0.247. The van der Waals surface area contributed by atoms with E-state index in [4.69, 9.17) is 0 Å². The molecule has 2 aromatic rings. The molecule has 0 atom stereocenters. The lowest BCUT2D eigenvalue weighted by molar-refractivity contribution is 0.655. The van der Waals surface area contributed by atoms with Crippen LogP contribution in [0.1, 0.15) is 0 Å². The number of aryl methyl sites for hydroxylation is 1. The van der Waals surface area contributed by atoms with Crippen LogP contribution in [0, 0.1) is 0 Å². The van der Waals surface area contributed by atoms with E-state index in [0.717, 1.165) is 0 Å². The highest BCUT2D eigenvalue weighted by Crippen LogP contribution is 2.07. The maximum absolute atomic E-state index is 10.9. The highest BCUT2D eigenvalue weighted by molar-refractivity contribution is 5.49. The molecular weight excluding hydrogens is 170 g/mol. The Morgan fingerprint density at radius 3 is 2.85 bits per heavy atom. The van der Waals surface area contributed by atoms with Crippen molar-refractivity contribution in [3.63, 3.8) is 0 Å².